The van der Waals surface area contributed by atoms with Crippen LogP contribution >= 0.6 is 0 Å². The van der Waals surface area contributed by atoms with Gasteiger partial charge in [-0.05, 0) is 0 Å². The molecule has 0 bridgehead atoms. The number of hydrogen-bond donors (Lipinski definition) is 2. The fourth-order valence-electron chi connectivity index (χ4n) is 0.572. The number of rotatable bonds is 2. The Hall–Kier alpha value is -0.610. The van der Waals surface area contributed by atoms with Crippen LogP contribution in [0.2, 0.25) is 0 Å². The van der Waals surface area contributed by atoms with E-state index in [0.29, 0.717) is 6.61 Å². The summed E-state index contributed by atoms with van der Waals surface area (Å²) in [5.74, 6) is 0. The van der Waals surface area contributed by atoms with Crippen molar-refractivity contribution in [3.05, 3.63) is 0 Å². The van der Waals surface area contributed by atoms with Crippen molar-refractivity contribution in [2.75, 3.05) is 13.2 Å². The van der Waals surface area contributed by atoms with E-state index in [9.17, 15) is 4.79 Å². The van der Waals surface area contributed by atoms with E-state index >= 15 is 0 Å². The molecule has 1 unspecified atom stereocenters. The zero-order valence-electron chi connectivity index (χ0n) is 4.31. The van der Waals surface area contributed by atoms with E-state index in [1.54, 1.807) is 0 Å². The predicted molar refractivity (Wildman–Crippen MR) is 26.6 cm³/mol. The highest BCUT2D eigenvalue weighted by Crippen LogP contribution is 1.87. The van der Waals surface area contributed by atoms with Crippen molar-refractivity contribution >= 4 is 6.41 Å². The Labute approximate surface area is 47.2 Å². The van der Waals surface area contributed by atoms with Gasteiger partial charge >= 0.3 is 6.41 Å². The van der Waals surface area contributed by atoms with Crippen LogP contribution in [0.5, 0.6) is 0 Å². The molecule has 45 valence electrons. The molecule has 0 aromatic rings. The highest BCUT2D eigenvalue weighted by molar-refractivity contribution is 5.47. The molecule has 0 aromatic carbocycles. The van der Waals surface area contributed by atoms with Gasteiger partial charge in [0, 0.05) is 6.54 Å². The minimum absolute atomic E-state index is 0.313. The lowest BCUT2D eigenvalue weighted by Gasteiger charge is -2.04. The fraction of sp³-hybridized carbons (Fsp3) is 0.750. The molecule has 1 fully saturated rings. The maximum atomic E-state index is 9.60. The molecule has 0 spiro atoms. The average molecular weight is 115 g/mol. The minimum atomic E-state index is -0.313. The SMILES string of the molecule is O=[C]NC1NCCO1. The van der Waals surface area contributed by atoms with Gasteiger partial charge in [0.2, 0.25) is 0 Å². The number of carbonyl (C=O) groups excluding carboxylic acids is 1. The van der Waals surface area contributed by atoms with E-state index in [2.05, 4.69) is 10.6 Å². The third kappa shape index (κ3) is 1.18. The van der Waals surface area contributed by atoms with E-state index < -0.39 is 0 Å². The van der Waals surface area contributed by atoms with Gasteiger partial charge in [0.1, 0.15) is 0 Å². The standard InChI is InChI=1S/C4H7N2O2/c7-3-6-4-5-1-2-8-4/h4-5H,1-2H2,(H,6,7). The summed E-state index contributed by atoms with van der Waals surface area (Å²) in [4.78, 5) is 9.60. The second-order valence-electron chi connectivity index (χ2n) is 1.45. The van der Waals surface area contributed by atoms with Crippen molar-refractivity contribution in [2.24, 2.45) is 0 Å². The largest absolute Gasteiger partial charge is 0.344 e. The predicted octanol–water partition coefficient (Wildman–Crippen LogP) is -1.45. The monoisotopic (exact) mass is 115 g/mol. The van der Waals surface area contributed by atoms with E-state index in [1.807, 2.05) is 0 Å². The molecular weight excluding hydrogens is 108 g/mol. The van der Waals surface area contributed by atoms with Gasteiger partial charge in [0.15, 0.2) is 6.35 Å². The molecule has 1 atom stereocenters. The Kier molecular flexibility index (Phi) is 1.82. The first kappa shape index (κ1) is 5.53. The number of ether oxygens (including phenoxy) is 1. The van der Waals surface area contributed by atoms with Gasteiger partial charge in [-0.1, -0.05) is 0 Å². The molecule has 1 aliphatic rings. The third-order valence-electron chi connectivity index (χ3n) is 0.906. The topological polar surface area (TPSA) is 50.4 Å². The van der Waals surface area contributed by atoms with Crippen LogP contribution in [0.15, 0.2) is 0 Å². The van der Waals surface area contributed by atoms with Crippen molar-refractivity contribution < 1.29 is 9.53 Å². The van der Waals surface area contributed by atoms with E-state index in [4.69, 9.17) is 4.74 Å². The molecule has 1 saturated heterocycles. The summed E-state index contributed by atoms with van der Waals surface area (Å²) in [6, 6.07) is 0. The van der Waals surface area contributed by atoms with Crippen molar-refractivity contribution in [1.82, 2.24) is 10.6 Å². The number of nitrogens with one attached hydrogen (secondary N) is 2. The molecule has 0 saturated carbocycles. The molecule has 8 heavy (non-hydrogen) atoms. The van der Waals surface area contributed by atoms with Crippen molar-refractivity contribution in [2.45, 2.75) is 6.35 Å². The second-order valence-corrected chi connectivity index (χ2v) is 1.45. The molecule has 4 nitrogen and oxygen atoms in total. The summed E-state index contributed by atoms with van der Waals surface area (Å²) < 4.78 is 4.91. The first-order valence-electron chi connectivity index (χ1n) is 2.41. The van der Waals surface area contributed by atoms with Gasteiger partial charge in [0.25, 0.3) is 0 Å². The molecule has 1 heterocycles. The minimum Gasteiger partial charge on any atom is -0.344 e. The maximum Gasteiger partial charge on any atom is 0.312 e. The summed E-state index contributed by atoms with van der Waals surface area (Å²) in [5, 5.41) is 5.17. The first-order chi connectivity index (χ1) is 3.93. The van der Waals surface area contributed by atoms with E-state index in [0.717, 1.165) is 6.54 Å². The van der Waals surface area contributed by atoms with Crippen LogP contribution in [-0.2, 0) is 9.53 Å². The van der Waals surface area contributed by atoms with Crippen LogP contribution < -0.4 is 10.6 Å². The zero-order chi connectivity index (χ0) is 5.82. The van der Waals surface area contributed by atoms with Gasteiger partial charge in [0.05, 0.1) is 6.61 Å². The van der Waals surface area contributed by atoms with Crippen LogP contribution in [0, 0.1) is 0 Å². The van der Waals surface area contributed by atoms with Gasteiger partial charge < -0.3 is 10.1 Å². The van der Waals surface area contributed by atoms with E-state index in [-0.39, 0.29) is 6.35 Å². The van der Waals surface area contributed by atoms with Crippen molar-refractivity contribution in [3.8, 4) is 0 Å². The van der Waals surface area contributed by atoms with Gasteiger partial charge in [-0.2, -0.15) is 0 Å². The molecule has 0 aromatic heterocycles. The molecule has 1 radical (unpaired) electrons. The summed E-state index contributed by atoms with van der Waals surface area (Å²) in [7, 11) is 0. The van der Waals surface area contributed by atoms with Crippen LogP contribution in [0.25, 0.3) is 0 Å². The number of hydrogen-bond acceptors (Lipinski definition) is 3. The Morgan fingerprint density at radius 1 is 1.88 bits per heavy atom. The second kappa shape index (κ2) is 2.64. The lowest BCUT2D eigenvalue weighted by molar-refractivity contribution is 0.0893. The molecular formula is C4H7N2O2. The summed E-state index contributed by atoms with van der Waals surface area (Å²) in [5.41, 5.74) is 0. The Morgan fingerprint density at radius 3 is 3.25 bits per heavy atom. The molecule has 0 aliphatic carbocycles. The molecule has 4 heteroatoms. The normalized spacial score (nSPS) is 27.8. The Morgan fingerprint density at radius 2 is 2.75 bits per heavy atom. The van der Waals surface area contributed by atoms with Crippen LogP contribution in [-0.4, -0.2) is 25.9 Å². The lowest BCUT2D eigenvalue weighted by Crippen LogP contribution is -2.37. The quantitative estimate of drug-likeness (QED) is 0.433. The zero-order valence-corrected chi connectivity index (χ0v) is 4.31. The van der Waals surface area contributed by atoms with Crippen molar-refractivity contribution in [1.29, 1.82) is 0 Å². The molecule has 1 amide bonds. The smallest absolute Gasteiger partial charge is 0.312 e. The third-order valence-corrected chi connectivity index (χ3v) is 0.906. The highest BCUT2D eigenvalue weighted by Gasteiger charge is 2.11. The van der Waals surface area contributed by atoms with Gasteiger partial charge in [-0.3, -0.25) is 10.1 Å². The molecule has 1 rings (SSSR count). The average Bonchev–Trinajstić information content (AvgIpc) is 2.19. The lowest BCUT2D eigenvalue weighted by atomic mass is 10.7. The highest BCUT2D eigenvalue weighted by atomic mass is 16.5. The Balaban J connectivity index is 2.14. The Bertz CT molecular complexity index is 80.1. The summed E-state index contributed by atoms with van der Waals surface area (Å²) in [6.45, 7) is 1.44. The van der Waals surface area contributed by atoms with Gasteiger partial charge in [-0.25, -0.2) is 0 Å². The summed E-state index contributed by atoms with van der Waals surface area (Å²) in [6.07, 6.45) is 1.21. The van der Waals surface area contributed by atoms with Crippen LogP contribution in [0.1, 0.15) is 0 Å². The molecule has 2 N–H and O–H groups in total. The first-order valence-corrected chi connectivity index (χ1v) is 2.41. The molecule has 1 aliphatic heterocycles. The van der Waals surface area contributed by atoms with E-state index in [1.165, 1.54) is 6.41 Å². The fourth-order valence-corrected chi connectivity index (χ4v) is 0.572. The van der Waals surface area contributed by atoms with Crippen molar-refractivity contribution in [3.63, 3.8) is 0 Å². The summed E-state index contributed by atoms with van der Waals surface area (Å²) >= 11 is 0. The van der Waals surface area contributed by atoms with Crippen LogP contribution in [0.3, 0.4) is 0 Å². The van der Waals surface area contributed by atoms with Crippen LogP contribution in [0.4, 0.5) is 0 Å². The number of amides is 1. The maximum absolute atomic E-state index is 9.60. The van der Waals surface area contributed by atoms with Gasteiger partial charge in [-0.15, -0.1) is 0 Å².